The highest BCUT2D eigenvalue weighted by atomic mass is 16.2. The Hall–Kier alpha value is -2.37. The molecule has 2 aromatic heterocycles. The van der Waals surface area contributed by atoms with Crippen LogP contribution in [-0.2, 0) is 11.2 Å². The van der Waals surface area contributed by atoms with E-state index in [2.05, 4.69) is 4.98 Å². The van der Waals surface area contributed by atoms with Crippen molar-refractivity contribution in [2.45, 2.75) is 27.2 Å². The quantitative estimate of drug-likeness (QED) is 0.844. The molecular formula is C17H22N4O2. The number of amides is 2. The van der Waals surface area contributed by atoms with E-state index in [0.29, 0.717) is 31.9 Å². The third kappa shape index (κ3) is 2.81. The Morgan fingerprint density at radius 1 is 1.13 bits per heavy atom. The molecule has 0 saturated carbocycles. The van der Waals surface area contributed by atoms with Crippen LogP contribution < -0.4 is 0 Å². The number of imidazole rings is 1. The summed E-state index contributed by atoms with van der Waals surface area (Å²) in [5, 5.41) is 0. The summed E-state index contributed by atoms with van der Waals surface area (Å²) in [5.41, 5.74) is 3.38. The fraction of sp³-hybridized carbons (Fsp3) is 0.471. The number of aromatic nitrogens is 2. The number of carbonyl (C=O) groups excluding carboxylic acids is 2. The minimum Gasteiger partial charge on any atom is -0.339 e. The van der Waals surface area contributed by atoms with Gasteiger partial charge >= 0.3 is 0 Å². The number of hydrogen-bond acceptors (Lipinski definition) is 3. The molecule has 0 aliphatic carbocycles. The standard InChI is InChI=1S/C17H22N4O2/c1-4-14-16(21-11-12(2)5-6-15(21)18-14)17(23)20-9-7-19(8-10-20)13(3)22/h5-6,11H,4,7-10H2,1-3H3. The molecule has 0 unspecified atom stereocenters. The van der Waals surface area contributed by atoms with Crippen LogP contribution in [0.15, 0.2) is 18.3 Å². The van der Waals surface area contributed by atoms with Crippen molar-refractivity contribution >= 4 is 17.5 Å². The van der Waals surface area contributed by atoms with Crippen LogP contribution in [0, 0.1) is 6.92 Å². The minimum absolute atomic E-state index is 0.00292. The lowest BCUT2D eigenvalue weighted by Crippen LogP contribution is -2.50. The highest BCUT2D eigenvalue weighted by Crippen LogP contribution is 2.18. The maximum absolute atomic E-state index is 13.0. The molecule has 3 rings (SSSR count). The van der Waals surface area contributed by atoms with Crippen molar-refractivity contribution < 1.29 is 9.59 Å². The van der Waals surface area contributed by atoms with Gasteiger partial charge < -0.3 is 9.80 Å². The van der Waals surface area contributed by atoms with E-state index in [0.717, 1.165) is 23.3 Å². The number of pyridine rings is 1. The van der Waals surface area contributed by atoms with E-state index in [-0.39, 0.29) is 11.8 Å². The number of nitrogens with zero attached hydrogens (tertiary/aromatic N) is 4. The Morgan fingerprint density at radius 3 is 2.39 bits per heavy atom. The molecule has 2 amide bonds. The molecule has 0 spiro atoms. The molecule has 2 aromatic rings. The molecule has 0 aromatic carbocycles. The van der Waals surface area contributed by atoms with Crippen molar-refractivity contribution in [1.82, 2.24) is 19.2 Å². The first-order valence-electron chi connectivity index (χ1n) is 8.03. The smallest absolute Gasteiger partial charge is 0.272 e. The third-order valence-electron chi connectivity index (χ3n) is 4.39. The van der Waals surface area contributed by atoms with Crippen LogP contribution in [-0.4, -0.2) is 57.2 Å². The van der Waals surface area contributed by atoms with Crippen LogP contribution in [0.3, 0.4) is 0 Å². The van der Waals surface area contributed by atoms with E-state index in [1.165, 1.54) is 0 Å². The first-order chi connectivity index (χ1) is 11.0. The molecule has 0 atom stereocenters. The van der Waals surface area contributed by atoms with Crippen LogP contribution in [0.25, 0.3) is 5.65 Å². The molecule has 0 N–H and O–H groups in total. The average molecular weight is 314 g/mol. The topological polar surface area (TPSA) is 57.9 Å². The fourth-order valence-corrected chi connectivity index (χ4v) is 3.05. The SMILES string of the molecule is CCc1nc2ccc(C)cn2c1C(=O)N1CCN(C(C)=O)CC1. The molecule has 1 aliphatic heterocycles. The maximum Gasteiger partial charge on any atom is 0.272 e. The number of rotatable bonds is 2. The number of hydrogen-bond donors (Lipinski definition) is 0. The van der Waals surface area contributed by atoms with E-state index in [1.54, 1.807) is 11.8 Å². The van der Waals surface area contributed by atoms with Crippen molar-refractivity contribution in [3.8, 4) is 0 Å². The molecule has 23 heavy (non-hydrogen) atoms. The highest BCUT2D eigenvalue weighted by Gasteiger charge is 2.27. The number of piperazine rings is 1. The first-order valence-corrected chi connectivity index (χ1v) is 8.03. The number of aryl methyl sites for hydroxylation is 2. The van der Waals surface area contributed by atoms with Crippen LogP contribution in [0.4, 0.5) is 0 Å². The average Bonchev–Trinajstić information content (AvgIpc) is 2.91. The fourth-order valence-electron chi connectivity index (χ4n) is 3.05. The van der Waals surface area contributed by atoms with Crippen LogP contribution >= 0.6 is 0 Å². The van der Waals surface area contributed by atoms with Gasteiger partial charge in [0.1, 0.15) is 11.3 Å². The Labute approximate surface area is 135 Å². The summed E-state index contributed by atoms with van der Waals surface area (Å²) in [7, 11) is 0. The molecule has 6 heteroatoms. The minimum atomic E-state index is 0.00292. The number of carbonyl (C=O) groups is 2. The summed E-state index contributed by atoms with van der Waals surface area (Å²) in [4.78, 5) is 32.6. The zero-order valence-corrected chi connectivity index (χ0v) is 13.9. The summed E-state index contributed by atoms with van der Waals surface area (Å²) in [5.74, 6) is 0.0694. The third-order valence-corrected chi connectivity index (χ3v) is 4.39. The van der Waals surface area contributed by atoms with E-state index >= 15 is 0 Å². The van der Waals surface area contributed by atoms with Crippen LogP contribution in [0.5, 0.6) is 0 Å². The van der Waals surface area contributed by atoms with Crippen molar-refractivity contribution in [3.05, 3.63) is 35.3 Å². The molecule has 1 aliphatic rings. The Kier molecular flexibility index (Phi) is 4.07. The van der Waals surface area contributed by atoms with Gasteiger partial charge in [0.2, 0.25) is 5.91 Å². The van der Waals surface area contributed by atoms with Crippen molar-refractivity contribution in [1.29, 1.82) is 0 Å². The van der Waals surface area contributed by atoms with Gasteiger partial charge in [-0.2, -0.15) is 0 Å². The Morgan fingerprint density at radius 2 is 1.78 bits per heavy atom. The van der Waals surface area contributed by atoms with Gasteiger partial charge in [0.05, 0.1) is 5.69 Å². The molecule has 0 bridgehead atoms. The van der Waals surface area contributed by atoms with Crippen LogP contribution in [0.2, 0.25) is 0 Å². The van der Waals surface area contributed by atoms with Gasteiger partial charge in [0.25, 0.3) is 5.91 Å². The lowest BCUT2D eigenvalue weighted by atomic mass is 10.2. The molecule has 3 heterocycles. The van der Waals surface area contributed by atoms with Gasteiger partial charge in [0.15, 0.2) is 0 Å². The van der Waals surface area contributed by atoms with Gasteiger partial charge in [0, 0.05) is 39.3 Å². The van der Waals surface area contributed by atoms with Gasteiger partial charge in [-0.3, -0.25) is 14.0 Å². The second-order valence-corrected chi connectivity index (χ2v) is 5.99. The molecule has 0 radical (unpaired) electrons. The van der Waals surface area contributed by atoms with Crippen molar-refractivity contribution in [2.75, 3.05) is 26.2 Å². The second-order valence-electron chi connectivity index (χ2n) is 5.99. The normalized spacial score (nSPS) is 15.3. The largest absolute Gasteiger partial charge is 0.339 e. The van der Waals surface area contributed by atoms with E-state index in [9.17, 15) is 9.59 Å². The van der Waals surface area contributed by atoms with Crippen LogP contribution in [0.1, 0.15) is 35.6 Å². The molecule has 6 nitrogen and oxygen atoms in total. The van der Waals surface area contributed by atoms with Gasteiger partial charge in [-0.05, 0) is 25.0 Å². The molecule has 1 saturated heterocycles. The summed E-state index contributed by atoms with van der Waals surface area (Å²) in [6.07, 6.45) is 2.68. The van der Waals surface area contributed by atoms with Gasteiger partial charge in [-0.25, -0.2) is 4.98 Å². The van der Waals surface area contributed by atoms with Gasteiger partial charge in [-0.1, -0.05) is 13.0 Å². The van der Waals surface area contributed by atoms with Crippen molar-refractivity contribution in [2.24, 2.45) is 0 Å². The first kappa shape index (κ1) is 15.5. The highest BCUT2D eigenvalue weighted by molar-refractivity contribution is 5.95. The predicted molar refractivity (Wildman–Crippen MR) is 87.5 cm³/mol. The molecule has 122 valence electrons. The molecule has 1 fully saturated rings. The molecular weight excluding hydrogens is 292 g/mol. The van der Waals surface area contributed by atoms with E-state index in [4.69, 9.17) is 0 Å². The Bertz CT molecular complexity index is 757. The van der Waals surface area contributed by atoms with E-state index < -0.39 is 0 Å². The van der Waals surface area contributed by atoms with Gasteiger partial charge in [-0.15, -0.1) is 0 Å². The zero-order chi connectivity index (χ0) is 16.6. The Balaban J connectivity index is 1.92. The summed E-state index contributed by atoms with van der Waals surface area (Å²) in [6, 6.07) is 3.95. The lowest BCUT2D eigenvalue weighted by molar-refractivity contribution is -0.130. The second kappa shape index (κ2) is 6.02. The summed E-state index contributed by atoms with van der Waals surface area (Å²) in [6.45, 7) is 7.92. The summed E-state index contributed by atoms with van der Waals surface area (Å²) >= 11 is 0. The lowest BCUT2D eigenvalue weighted by Gasteiger charge is -2.34. The van der Waals surface area contributed by atoms with Crippen molar-refractivity contribution in [3.63, 3.8) is 0 Å². The monoisotopic (exact) mass is 314 g/mol. The predicted octanol–water partition coefficient (Wildman–Crippen LogP) is 1.51. The summed E-state index contributed by atoms with van der Waals surface area (Å²) < 4.78 is 1.90. The van der Waals surface area contributed by atoms with E-state index in [1.807, 2.05) is 41.5 Å². The zero-order valence-electron chi connectivity index (χ0n) is 13.9. The number of fused-ring (bicyclic) bond motifs is 1. The maximum atomic E-state index is 13.0.